The molecule has 1 unspecified atom stereocenters. The first-order valence-electron chi connectivity index (χ1n) is 8.72. The lowest BCUT2D eigenvalue weighted by atomic mass is 10.2. The number of aromatic nitrogens is 3. The Bertz CT molecular complexity index is 1000. The second kappa shape index (κ2) is 8.34. The Morgan fingerprint density at radius 3 is 2.64 bits per heavy atom. The second-order valence-electron chi connectivity index (χ2n) is 6.05. The number of hydrogen-bond acceptors (Lipinski definition) is 7. The van der Waals surface area contributed by atoms with Crippen molar-refractivity contribution in [2.24, 2.45) is 0 Å². The van der Waals surface area contributed by atoms with Crippen molar-refractivity contribution in [2.45, 2.75) is 30.7 Å². The van der Waals surface area contributed by atoms with Gasteiger partial charge in [0.15, 0.2) is 11.0 Å². The van der Waals surface area contributed by atoms with Crippen LogP contribution in [-0.2, 0) is 4.79 Å². The third-order valence-corrected chi connectivity index (χ3v) is 7.01. The van der Waals surface area contributed by atoms with Crippen LogP contribution in [-0.4, -0.2) is 26.3 Å². The summed E-state index contributed by atoms with van der Waals surface area (Å²) in [6.07, 6.45) is 0.663. The van der Waals surface area contributed by atoms with Gasteiger partial charge in [0.05, 0.1) is 20.7 Å². The van der Waals surface area contributed by atoms with Crippen LogP contribution in [0.25, 0.3) is 21.1 Å². The highest BCUT2D eigenvalue weighted by atomic mass is 32.2. The van der Waals surface area contributed by atoms with E-state index in [9.17, 15) is 4.79 Å². The quantitative estimate of drug-likeness (QED) is 0.369. The minimum Gasteiger partial charge on any atom is -0.360 e. The van der Waals surface area contributed by atoms with Crippen LogP contribution < -0.4 is 5.32 Å². The highest BCUT2D eigenvalue weighted by Crippen LogP contribution is 2.37. The maximum atomic E-state index is 12.7. The first-order valence-corrected chi connectivity index (χ1v) is 11.4. The number of nitrogens with zero attached hydrogens (tertiary/aromatic N) is 2. The van der Waals surface area contributed by atoms with Gasteiger partial charge in [0.2, 0.25) is 5.91 Å². The molecule has 0 fully saturated rings. The molecule has 0 saturated carbocycles. The molecule has 0 aromatic carbocycles. The number of hydrogen-bond donors (Lipinski definition) is 2. The molecule has 0 aliphatic rings. The average Bonchev–Trinajstić information content (AvgIpc) is 3.45. The van der Waals surface area contributed by atoms with E-state index in [1.54, 1.807) is 35.7 Å². The Balaban J connectivity index is 1.58. The number of H-pyrrole nitrogens is 1. The molecule has 4 heterocycles. The van der Waals surface area contributed by atoms with E-state index >= 15 is 0 Å². The van der Waals surface area contributed by atoms with E-state index in [1.165, 1.54) is 11.8 Å². The van der Waals surface area contributed by atoms with Crippen LogP contribution in [0.3, 0.4) is 0 Å². The normalized spacial score (nSPS) is 12.2. The fourth-order valence-corrected chi connectivity index (χ4v) is 5.04. The molecule has 2 N–H and O–H groups in total. The van der Waals surface area contributed by atoms with Gasteiger partial charge in [-0.2, -0.15) is 0 Å². The van der Waals surface area contributed by atoms with E-state index < -0.39 is 0 Å². The zero-order valence-corrected chi connectivity index (χ0v) is 17.7. The molecule has 1 atom stereocenters. The molecule has 4 rings (SSSR count). The van der Waals surface area contributed by atoms with E-state index in [4.69, 9.17) is 9.51 Å². The predicted octanol–water partition coefficient (Wildman–Crippen LogP) is 5.67. The van der Waals surface area contributed by atoms with Crippen LogP contribution in [0.4, 0.5) is 5.82 Å². The number of thiophene rings is 2. The smallest absolute Gasteiger partial charge is 0.239 e. The third-order valence-electron chi connectivity index (χ3n) is 4.00. The minimum absolute atomic E-state index is 0.118. The predicted molar refractivity (Wildman–Crippen MR) is 115 cm³/mol. The average molecular weight is 431 g/mol. The van der Waals surface area contributed by atoms with Crippen molar-refractivity contribution in [3.63, 3.8) is 0 Å². The van der Waals surface area contributed by atoms with Gasteiger partial charge < -0.3 is 14.8 Å². The Hall–Kier alpha value is -2.36. The lowest BCUT2D eigenvalue weighted by Crippen LogP contribution is -2.24. The molecule has 0 saturated heterocycles. The van der Waals surface area contributed by atoms with E-state index in [0.29, 0.717) is 18.0 Å². The first kappa shape index (κ1) is 19.0. The van der Waals surface area contributed by atoms with Crippen molar-refractivity contribution in [1.82, 2.24) is 15.1 Å². The van der Waals surface area contributed by atoms with Gasteiger partial charge in [0.25, 0.3) is 0 Å². The largest absolute Gasteiger partial charge is 0.360 e. The Labute approximate surface area is 174 Å². The molecule has 0 aliphatic heterocycles. The van der Waals surface area contributed by atoms with Crippen molar-refractivity contribution >= 4 is 46.2 Å². The van der Waals surface area contributed by atoms with Crippen molar-refractivity contribution in [2.75, 3.05) is 5.32 Å². The van der Waals surface area contributed by atoms with Gasteiger partial charge in [0, 0.05) is 6.07 Å². The number of thioether (sulfide) groups is 1. The van der Waals surface area contributed by atoms with Crippen molar-refractivity contribution in [1.29, 1.82) is 0 Å². The van der Waals surface area contributed by atoms with Crippen LogP contribution >= 0.6 is 34.4 Å². The fourth-order valence-electron chi connectivity index (χ4n) is 2.69. The monoisotopic (exact) mass is 430 g/mol. The summed E-state index contributed by atoms with van der Waals surface area (Å²) in [7, 11) is 0. The van der Waals surface area contributed by atoms with Crippen LogP contribution in [0.1, 0.15) is 19.1 Å². The SMILES string of the molecule is CCC(Sc1nc(-c2cccs2)c(-c2cccs2)[nH]1)C(=O)Nc1cc(C)on1. The number of carbonyl (C=O) groups is 1. The molecule has 28 heavy (non-hydrogen) atoms. The summed E-state index contributed by atoms with van der Waals surface area (Å²) in [5, 5.41) is 11.2. The van der Waals surface area contributed by atoms with E-state index in [2.05, 4.69) is 27.6 Å². The van der Waals surface area contributed by atoms with Crippen LogP contribution in [0.2, 0.25) is 0 Å². The zero-order chi connectivity index (χ0) is 19.5. The van der Waals surface area contributed by atoms with Crippen molar-refractivity contribution in [3.05, 3.63) is 46.9 Å². The number of imidazole rings is 1. The highest BCUT2D eigenvalue weighted by molar-refractivity contribution is 8.00. The summed E-state index contributed by atoms with van der Waals surface area (Å²) >= 11 is 4.74. The zero-order valence-electron chi connectivity index (χ0n) is 15.3. The molecule has 0 spiro atoms. The minimum atomic E-state index is -0.296. The van der Waals surface area contributed by atoms with Crippen LogP contribution in [0.5, 0.6) is 0 Å². The van der Waals surface area contributed by atoms with Gasteiger partial charge in [-0.3, -0.25) is 4.79 Å². The lowest BCUT2D eigenvalue weighted by Gasteiger charge is -2.11. The second-order valence-corrected chi connectivity index (χ2v) is 9.13. The summed E-state index contributed by atoms with van der Waals surface area (Å²) < 4.78 is 5.01. The van der Waals surface area contributed by atoms with Crippen molar-refractivity contribution in [3.8, 4) is 21.1 Å². The van der Waals surface area contributed by atoms with Crippen LogP contribution in [0.15, 0.2) is 50.8 Å². The number of carbonyl (C=O) groups excluding carboxylic acids is 1. The molecule has 4 aromatic heterocycles. The molecular weight excluding hydrogens is 412 g/mol. The summed E-state index contributed by atoms with van der Waals surface area (Å²) in [6.45, 7) is 3.77. The van der Waals surface area contributed by atoms with Gasteiger partial charge in [-0.25, -0.2) is 4.98 Å². The standard InChI is InChI=1S/C19H18N4O2S3/c1-3-12(18(24)20-15-10-11(2)25-23-15)28-19-21-16(13-6-4-8-26-13)17(22-19)14-7-5-9-27-14/h4-10,12H,3H2,1-2H3,(H,21,22)(H,20,23,24). The Morgan fingerprint density at radius 1 is 1.29 bits per heavy atom. The number of nitrogens with one attached hydrogen (secondary N) is 2. The maximum Gasteiger partial charge on any atom is 0.239 e. The van der Waals surface area contributed by atoms with Crippen molar-refractivity contribution < 1.29 is 9.32 Å². The van der Waals surface area contributed by atoms with Gasteiger partial charge in [0.1, 0.15) is 11.5 Å². The lowest BCUT2D eigenvalue weighted by molar-refractivity contribution is -0.115. The van der Waals surface area contributed by atoms with Gasteiger partial charge in [-0.1, -0.05) is 36.0 Å². The number of aromatic amines is 1. The molecule has 0 aliphatic carbocycles. The van der Waals surface area contributed by atoms with E-state index in [1.807, 2.05) is 29.8 Å². The molecule has 144 valence electrons. The van der Waals surface area contributed by atoms with Crippen LogP contribution in [0, 0.1) is 6.92 Å². The topological polar surface area (TPSA) is 83.8 Å². The Morgan fingerprint density at radius 2 is 2.04 bits per heavy atom. The summed E-state index contributed by atoms with van der Waals surface area (Å²) in [6, 6.07) is 9.87. The highest BCUT2D eigenvalue weighted by Gasteiger charge is 2.23. The summed E-state index contributed by atoms with van der Waals surface area (Å²) in [4.78, 5) is 23.1. The first-order chi connectivity index (χ1) is 13.6. The molecule has 1 amide bonds. The molecule has 4 aromatic rings. The fraction of sp³-hybridized carbons (Fsp3) is 0.211. The van der Waals surface area contributed by atoms with E-state index in [0.717, 1.165) is 26.3 Å². The molecular formula is C19H18N4O2S3. The third kappa shape index (κ3) is 4.06. The number of amides is 1. The van der Waals surface area contributed by atoms with Gasteiger partial charge >= 0.3 is 0 Å². The summed E-state index contributed by atoms with van der Waals surface area (Å²) in [5.74, 6) is 0.968. The number of anilines is 1. The molecule has 9 heteroatoms. The molecule has 6 nitrogen and oxygen atoms in total. The molecule has 0 radical (unpaired) electrons. The maximum absolute atomic E-state index is 12.7. The Kier molecular flexibility index (Phi) is 5.65. The van der Waals surface area contributed by atoms with Gasteiger partial charge in [-0.05, 0) is 36.2 Å². The molecule has 0 bridgehead atoms. The van der Waals surface area contributed by atoms with Gasteiger partial charge in [-0.15, -0.1) is 22.7 Å². The number of aryl methyl sites for hydroxylation is 1. The van der Waals surface area contributed by atoms with E-state index in [-0.39, 0.29) is 11.2 Å². The summed E-state index contributed by atoms with van der Waals surface area (Å²) in [5.41, 5.74) is 1.91. The number of rotatable bonds is 7.